The molecule has 3 heterocycles. The molecule has 0 fully saturated rings. The number of nitrogens with zero attached hydrogens (tertiary/aromatic N) is 3. The predicted molar refractivity (Wildman–Crippen MR) is 135 cm³/mol. The second-order valence-electron chi connectivity index (χ2n) is 8.50. The fraction of sp³-hybridized carbons (Fsp3) is 0.133. The maximum Gasteiger partial charge on any atom is 0.493 e. The number of aromatic nitrogens is 1. The minimum atomic E-state index is 0. The van der Waals surface area contributed by atoms with Gasteiger partial charge in [0, 0.05) is 37.8 Å². The third kappa shape index (κ3) is 5.72. The zero-order valence-corrected chi connectivity index (χ0v) is 22.0. The molecule has 0 bridgehead atoms. The van der Waals surface area contributed by atoms with Crippen molar-refractivity contribution in [1.82, 2.24) is 4.98 Å². The summed E-state index contributed by atoms with van der Waals surface area (Å²) in [6, 6.07) is 35.6. The number of pyridine rings is 1. The van der Waals surface area contributed by atoms with Crippen molar-refractivity contribution in [1.29, 1.82) is 0 Å². The van der Waals surface area contributed by atoms with E-state index in [1.54, 1.807) is 6.20 Å². The number of benzene rings is 3. The predicted octanol–water partition coefficient (Wildman–Crippen LogP) is 6.90. The van der Waals surface area contributed by atoms with Crippen LogP contribution in [0.5, 0.6) is 0 Å². The van der Waals surface area contributed by atoms with Gasteiger partial charge in [-0.3, -0.25) is 0 Å². The second kappa shape index (κ2) is 11.2. The normalized spacial score (nSPS) is 12.2. The third-order valence-corrected chi connectivity index (χ3v) is 5.40. The van der Waals surface area contributed by atoms with Gasteiger partial charge in [-0.25, -0.2) is 0 Å². The second-order valence-corrected chi connectivity index (χ2v) is 8.50. The summed E-state index contributed by atoms with van der Waals surface area (Å²) in [5.41, 5.74) is 4.74. The molecular weight excluding hydrogens is 611 g/mol. The van der Waals surface area contributed by atoms with Gasteiger partial charge >= 0.3 is 6.01 Å². The van der Waals surface area contributed by atoms with Crippen molar-refractivity contribution >= 4 is 33.6 Å². The number of fused-ring (bicyclic) bond motifs is 3. The summed E-state index contributed by atoms with van der Waals surface area (Å²) >= 11 is 0. The Morgan fingerprint density at radius 3 is 2.51 bits per heavy atom. The molecule has 0 aliphatic carbocycles. The Morgan fingerprint density at radius 1 is 0.914 bits per heavy atom. The zero-order valence-electron chi connectivity index (χ0n) is 19.6. The molecule has 1 aliphatic rings. The molecule has 1 radical (unpaired) electrons. The Kier molecular flexibility index (Phi) is 7.84. The first-order valence-corrected chi connectivity index (χ1v) is 11.4. The first kappa shape index (κ1) is 24.5. The van der Waals surface area contributed by atoms with Gasteiger partial charge in [-0.15, -0.1) is 42.0 Å². The molecule has 0 unspecified atom stereocenters. The molecule has 1 aliphatic heterocycles. The molecule has 5 heteroatoms. The number of furan rings is 1. The molecule has 2 aromatic heterocycles. The van der Waals surface area contributed by atoms with E-state index >= 15 is 0 Å². The van der Waals surface area contributed by atoms with Crippen LogP contribution in [0.3, 0.4) is 0 Å². The van der Waals surface area contributed by atoms with Crippen molar-refractivity contribution in [3.63, 3.8) is 0 Å². The van der Waals surface area contributed by atoms with Gasteiger partial charge in [-0.2, -0.15) is 6.07 Å². The van der Waals surface area contributed by atoms with Crippen molar-refractivity contribution < 1.29 is 33.7 Å². The van der Waals surface area contributed by atoms with Gasteiger partial charge in [0.2, 0.25) is 6.20 Å². The molecule has 0 atom stereocenters. The molecular formula is C30H25IrN3O. The third-order valence-electron chi connectivity index (χ3n) is 5.40. The van der Waals surface area contributed by atoms with Gasteiger partial charge in [0.05, 0.1) is 0 Å². The molecule has 0 N–H and O–H groups in total. The zero-order chi connectivity index (χ0) is 23.3. The van der Waals surface area contributed by atoms with Crippen molar-refractivity contribution in [2.45, 2.75) is 13.8 Å². The SMILES string of the molecule is CC(C)C[N+]1=C=[N+](c2[c-]cc3c(c2)oc2ccccc23)C=C1.[Ir].[c-]1ccccc1-c1ccccn1. The van der Waals surface area contributed by atoms with E-state index in [1.807, 2.05) is 89.8 Å². The summed E-state index contributed by atoms with van der Waals surface area (Å²) in [6.07, 6.45) is 5.83. The van der Waals surface area contributed by atoms with Gasteiger partial charge in [-0.05, 0) is 23.2 Å². The largest absolute Gasteiger partial charge is 0.493 e. The minimum absolute atomic E-state index is 0. The van der Waals surface area contributed by atoms with Crippen LogP contribution in [0.1, 0.15) is 13.8 Å². The van der Waals surface area contributed by atoms with Crippen molar-refractivity contribution in [2.75, 3.05) is 6.54 Å². The summed E-state index contributed by atoms with van der Waals surface area (Å²) in [7, 11) is 0. The Morgan fingerprint density at radius 2 is 1.74 bits per heavy atom. The Bertz CT molecular complexity index is 1490. The fourth-order valence-electron chi connectivity index (χ4n) is 3.85. The molecule has 4 nitrogen and oxygen atoms in total. The van der Waals surface area contributed by atoms with Crippen LogP contribution >= 0.6 is 0 Å². The average molecular weight is 636 g/mol. The molecule has 0 saturated carbocycles. The Labute approximate surface area is 218 Å². The van der Waals surface area contributed by atoms with E-state index < -0.39 is 0 Å². The molecule has 175 valence electrons. The summed E-state index contributed by atoms with van der Waals surface area (Å²) in [4.78, 5) is 4.22. The van der Waals surface area contributed by atoms with Crippen LogP contribution < -0.4 is 0 Å². The van der Waals surface area contributed by atoms with Crippen LogP contribution in [0.25, 0.3) is 33.2 Å². The van der Waals surface area contributed by atoms with Crippen LogP contribution in [0.4, 0.5) is 5.69 Å². The van der Waals surface area contributed by atoms with E-state index in [0.29, 0.717) is 5.92 Å². The van der Waals surface area contributed by atoms with Crippen LogP contribution in [0.2, 0.25) is 0 Å². The van der Waals surface area contributed by atoms with Gasteiger partial charge < -0.3 is 9.40 Å². The maximum atomic E-state index is 5.93. The monoisotopic (exact) mass is 636 g/mol. The number of para-hydroxylation sites is 1. The van der Waals surface area contributed by atoms with E-state index in [1.165, 1.54) is 0 Å². The van der Waals surface area contributed by atoms with E-state index in [0.717, 1.165) is 45.4 Å². The van der Waals surface area contributed by atoms with E-state index in [9.17, 15) is 0 Å². The average Bonchev–Trinajstić information content (AvgIpc) is 3.49. The van der Waals surface area contributed by atoms with E-state index in [4.69, 9.17) is 4.42 Å². The van der Waals surface area contributed by atoms with Crippen molar-refractivity contribution in [3.05, 3.63) is 110 Å². The molecule has 6 rings (SSSR count). The van der Waals surface area contributed by atoms with Crippen molar-refractivity contribution in [3.8, 4) is 11.3 Å². The summed E-state index contributed by atoms with van der Waals surface area (Å²) in [5, 5.41) is 2.23. The first-order valence-electron chi connectivity index (χ1n) is 11.4. The van der Waals surface area contributed by atoms with Gasteiger partial charge in [0.25, 0.3) is 6.20 Å². The standard InChI is InChI=1S/C19H17N2O.C11H8N.Ir/c1-14(2)12-20-9-10-21(13-20)15-7-8-17-16-5-3-4-6-18(16)22-19(17)11-15;1-2-6-10(7-3-1)11-8-4-5-9-12-11;/h3-6,8-11,14H,12H2,1-2H3;1-6,8-9H;/q+1;-1;. The topological polar surface area (TPSA) is 32.0 Å². The van der Waals surface area contributed by atoms with E-state index in [2.05, 4.69) is 47.6 Å². The van der Waals surface area contributed by atoms with Gasteiger partial charge in [0.15, 0.2) is 6.54 Å². The molecule has 3 aromatic carbocycles. The van der Waals surface area contributed by atoms with Crippen molar-refractivity contribution in [2.24, 2.45) is 5.92 Å². The molecule has 5 aromatic rings. The van der Waals surface area contributed by atoms with Crippen LogP contribution in [-0.2, 0) is 20.1 Å². The molecule has 0 spiro atoms. The molecule has 35 heavy (non-hydrogen) atoms. The minimum Gasteiger partial charge on any atom is -0.483 e. The number of rotatable bonds is 4. The Balaban J connectivity index is 0.000000189. The van der Waals surface area contributed by atoms with Gasteiger partial charge in [-0.1, -0.05) is 64.8 Å². The summed E-state index contributed by atoms with van der Waals surface area (Å²) < 4.78 is 9.96. The number of hydrogen-bond acceptors (Lipinski definition) is 2. The van der Waals surface area contributed by atoms with Crippen LogP contribution in [0.15, 0.2) is 102 Å². The van der Waals surface area contributed by atoms with Crippen LogP contribution in [0, 0.1) is 18.1 Å². The van der Waals surface area contributed by atoms with Crippen LogP contribution in [-0.4, -0.2) is 26.7 Å². The number of hydrogen-bond donors (Lipinski definition) is 0. The molecule has 0 saturated heterocycles. The first-order chi connectivity index (χ1) is 16.7. The summed E-state index contributed by atoms with van der Waals surface area (Å²) in [5.74, 6) is 0.596. The van der Waals surface area contributed by atoms with E-state index in [-0.39, 0.29) is 20.1 Å². The smallest absolute Gasteiger partial charge is 0.483 e. The maximum absolute atomic E-state index is 5.93. The quantitative estimate of drug-likeness (QED) is 0.159. The Hall–Kier alpha value is -3.62. The van der Waals surface area contributed by atoms with Gasteiger partial charge in [0.1, 0.15) is 11.3 Å². The molecule has 0 amide bonds. The fourth-order valence-corrected chi connectivity index (χ4v) is 3.85. The summed E-state index contributed by atoms with van der Waals surface area (Å²) in [6.45, 7) is 5.36.